The van der Waals surface area contributed by atoms with Gasteiger partial charge >= 0.3 is 0 Å². The van der Waals surface area contributed by atoms with Crippen LogP contribution in [0, 0.1) is 6.07 Å². The molecule has 0 saturated heterocycles. The van der Waals surface area contributed by atoms with Crippen molar-refractivity contribution >= 4 is 60.3 Å². The second-order valence-electron chi connectivity index (χ2n) is 7.79. The summed E-state index contributed by atoms with van der Waals surface area (Å²) in [5.74, 6) is -0.0625. The number of nitrogens with zero attached hydrogens (tertiary/aromatic N) is 1. The molecule has 0 amide bonds. The molecule has 33 heavy (non-hydrogen) atoms. The Morgan fingerprint density at radius 3 is 2.52 bits per heavy atom. The van der Waals surface area contributed by atoms with E-state index in [4.69, 9.17) is 10.1 Å². The number of allylic oxidation sites excluding steroid dienone is 2. The number of thiophene rings is 1. The van der Waals surface area contributed by atoms with Gasteiger partial charge in [0.2, 0.25) is 0 Å². The van der Waals surface area contributed by atoms with Crippen LogP contribution < -0.4 is 0 Å². The minimum atomic E-state index is -0.125. The summed E-state index contributed by atoms with van der Waals surface area (Å²) in [6, 6.07) is 24.8. The molecule has 0 aliphatic heterocycles. The molecule has 3 nitrogen and oxygen atoms in total. The minimum Gasteiger partial charge on any atom is -0.512 e. The van der Waals surface area contributed by atoms with Gasteiger partial charge in [-0.25, -0.2) is 0 Å². The van der Waals surface area contributed by atoms with Crippen LogP contribution in [0.15, 0.2) is 72.5 Å². The Balaban J connectivity index is 0.000000287. The maximum atomic E-state index is 10.0. The van der Waals surface area contributed by atoms with E-state index in [-0.39, 0.29) is 31.6 Å². The number of fused-ring (bicyclic) bond motifs is 3. The van der Waals surface area contributed by atoms with Crippen molar-refractivity contribution < 1.29 is 30.0 Å². The maximum absolute atomic E-state index is 10.0. The van der Waals surface area contributed by atoms with Crippen molar-refractivity contribution in [2.45, 2.75) is 13.8 Å². The second-order valence-corrected chi connectivity index (χ2v) is 8.87. The Hall–Kier alpha value is -3.11. The molecule has 0 fully saturated rings. The normalized spacial score (nSPS) is 12.0. The summed E-state index contributed by atoms with van der Waals surface area (Å²) in [5.41, 5.74) is 5.62. The van der Waals surface area contributed by atoms with Crippen LogP contribution in [0.25, 0.3) is 54.5 Å². The predicted molar refractivity (Wildman–Crippen MR) is 135 cm³/mol. The first-order valence-electron chi connectivity index (χ1n) is 10.3. The number of rotatable bonds is 2. The van der Waals surface area contributed by atoms with Gasteiger partial charge in [0.05, 0.1) is 11.3 Å². The number of benzene rings is 3. The molecule has 0 bridgehead atoms. The van der Waals surface area contributed by atoms with Crippen LogP contribution in [0.2, 0.25) is 0 Å². The molecule has 2 aromatic heterocycles. The molecule has 0 spiro atoms. The standard InChI is InChI=1S/C23H12NS.C5H8O2.Ir/c1-2-7-21-17(5-1)18-11-10-15(13-22(18)25-21)20-12-16-9-8-14-4-3-6-19(24-20)23(14)16;1-4(6)3-5(2)7;/h1-9,11-13H;3,6H,1-2H3;/q-1;;. The van der Waals surface area contributed by atoms with Gasteiger partial charge in [-0.05, 0) is 52.9 Å². The molecule has 0 atom stereocenters. The zero-order valence-corrected chi connectivity index (χ0v) is 21.3. The van der Waals surface area contributed by atoms with Crippen LogP contribution in [-0.2, 0) is 24.9 Å². The number of carbonyl (C=O) groups excluding carboxylic acids is 1. The SMILES string of the molecule is CC(=O)C=C(C)O.[Ir].[c-]1cc2c(cc1-c1cc3c4c(cccc4n1)C=C3)sc1ccccc12. The van der Waals surface area contributed by atoms with E-state index >= 15 is 0 Å². The number of hydrogen-bond donors (Lipinski definition) is 1. The van der Waals surface area contributed by atoms with Gasteiger partial charge in [0, 0.05) is 36.3 Å². The molecule has 5 heteroatoms. The average molecular weight is 627 g/mol. The van der Waals surface area contributed by atoms with Gasteiger partial charge in [-0.3, -0.25) is 9.78 Å². The Labute approximate surface area is 209 Å². The zero-order valence-electron chi connectivity index (χ0n) is 18.0. The molecular formula is C28H20IrNO2S-. The Morgan fingerprint density at radius 2 is 1.76 bits per heavy atom. The van der Waals surface area contributed by atoms with Crippen LogP contribution in [0.3, 0.4) is 0 Å². The van der Waals surface area contributed by atoms with Crippen LogP contribution in [0.5, 0.6) is 0 Å². The van der Waals surface area contributed by atoms with Gasteiger partial charge in [-0.1, -0.05) is 53.9 Å². The number of aliphatic hydroxyl groups excluding tert-OH is 1. The van der Waals surface area contributed by atoms with Crippen molar-refractivity contribution in [2.75, 3.05) is 0 Å². The summed E-state index contributed by atoms with van der Waals surface area (Å²) in [6.45, 7) is 2.85. The molecule has 1 aliphatic rings. The average Bonchev–Trinajstić information content (AvgIpc) is 3.35. The maximum Gasteiger partial charge on any atom is 0.155 e. The summed E-state index contributed by atoms with van der Waals surface area (Å²) >= 11 is 1.83. The van der Waals surface area contributed by atoms with E-state index in [0.717, 1.165) is 16.8 Å². The van der Waals surface area contributed by atoms with Crippen molar-refractivity contribution in [1.29, 1.82) is 0 Å². The van der Waals surface area contributed by atoms with Crippen molar-refractivity contribution in [2.24, 2.45) is 0 Å². The molecule has 1 aliphatic carbocycles. The first kappa shape index (κ1) is 23.1. The molecule has 1 radical (unpaired) electrons. The third kappa shape index (κ3) is 4.53. The summed E-state index contributed by atoms with van der Waals surface area (Å²) < 4.78 is 2.61. The number of aliphatic hydroxyl groups is 1. The molecular weight excluding hydrogens is 607 g/mol. The molecule has 2 heterocycles. The minimum absolute atomic E-state index is 0. The molecule has 5 aromatic rings. The van der Waals surface area contributed by atoms with Crippen molar-refractivity contribution in [3.8, 4) is 11.3 Å². The van der Waals surface area contributed by atoms with E-state index in [1.807, 2.05) is 11.3 Å². The van der Waals surface area contributed by atoms with E-state index in [1.165, 1.54) is 56.6 Å². The topological polar surface area (TPSA) is 50.2 Å². The van der Waals surface area contributed by atoms with Crippen LogP contribution in [-0.4, -0.2) is 15.9 Å². The molecule has 1 N–H and O–H groups in total. The summed E-state index contributed by atoms with van der Waals surface area (Å²) in [5, 5.41) is 12.2. The van der Waals surface area contributed by atoms with Crippen LogP contribution in [0.1, 0.15) is 25.0 Å². The summed E-state index contributed by atoms with van der Waals surface area (Å²) in [6.07, 6.45) is 5.52. The van der Waals surface area contributed by atoms with Gasteiger partial charge in [-0.15, -0.1) is 23.8 Å². The van der Waals surface area contributed by atoms with Crippen LogP contribution >= 0.6 is 11.3 Å². The fourth-order valence-corrected chi connectivity index (χ4v) is 5.17. The first-order chi connectivity index (χ1) is 15.5. The van der Waals surface area contributed by atoms with E-state index < -0.39 is 0 Å². The predicted octanol–water partition coefficient (Wildman–Crippen LogP) is 7.59. The van der Waals surface area contributed by atoms with Crippen molar-refractivity contribution in [3.63, 3.8) is 0 Å². The fourth-order valence-electron chi connectivity index (χ4n) is 4.04. The Morgan fingerprint density at radius 1 is 0.970 bits per heavy atom. The number of ketones is 1. The molecule has 0 unspecified atom stereocenters. The number of carbonyl (C=O) groups is 1. The molecule has 3 aromatic carbocycles. The fraction of sp³-hybridized carbons (Fsp3) is 0.0714. The molecule has 0 saturated carbocycles. The van der Waals surface area contributed by atoms with Crippen molar-refractivity contribution in [1.82, 2.24) is 4.98 Å². The summed E-state index contributed by atoms with van der Waals surface area (Å²) in [4.78, 5) is 14.9. The zero-order chi connectivity index (χ0) is 22.2. The molecule has 165 valence electrons. The van der Waals surface area contributed by atoms with Gasteiger partial charge in [-0.2, -0.15) is 11.3 Å². The quantitative estimate of drug-likeness (QED) is 0.122. The van der Waals surface area contributed by atoms with Crippen LogP contribution in [0.4, 0.5) is 0 Å². The van der Waals surface area contributed by atoms with E-state index in [9.17, 15) is 4.79 Å². The van der Waals surface area contributed by atoms with E-state index in [1.54, 1.807) is 0 Å². The van der Waals surface area contributed by atoms with Gasteiger partial charge < -0.3 is 5.11 Å². The number of pyridine rings is 1. The number of aromatic nitrogens is 1. The largest absolute Gasteiger partial charge is 0.512 e. The molecule has 6 rings (SSSR count). The first-order valence-corrected chi connectivity index (χ1v) is 11.1. The van der Waals surface area contributed by atoms with E-state index in [0.29, 0.717) is 0 Å². The third-order valence-electron chi connectivity index (χ3n) is 5.34. The summed E-state index contributed by atoms with van der Waals surface area (Å²) in [7, 11) is 0. The monoisotopic (exact) mass is 627 g/mol. The third-order valence-corrected chi connectivity index (χ3v) is 6.47. The van der Waals surface area contributed by atoms with E-state index in [2.05, 4.69) is 78.9 Å². The Bertz CT molecular complexity index is 1580. The van der Waals surface area contributed by atoms with Crippen molar-refractivity contribution in [3.05, 3.63) is 89.7 Å². The van der Waals surface area contributed by atoms with Gasteiger partial charge in [0.25, 0.3) is 0 Å². The van der Waals surface area contributed by atoms with Gasteiger partial charge in [0.1, 0.15) is 0 Å². The van der Waals surface area contributed by atoms with Gasteiger partial charge in [0.15, 0.2) is 5.78 Å². The smallest absolute Gasteiger partial charge is 0.155 e. The Kier molecular flexibility index (Phi) is 6.57. The number of hydrogen-bond acceptors (Lipinski definition) is 4. The second kappa shape index (κ2) is 9.40.